The molecule has 0 heterocycles. The van der Waals surface area contributed by atoms with E-state index in [1.54, 1.807) is 0 Å². The second-order valence-electron chi connectivity index (χ2n) is 5.43. The Hall–Kier alpha value is -1.38. The number of ether oxygens (including phenoxy) is 1. The molecule has 0 saturated carbocycles. The Morgan fingerprint density at radius 1 is 1.05 bits per heavy atom. The van der Waals surface area contributed by atoms with Crippen LogP contribution in [0.2, 0.25) is 0 Å². The van der Waals surface area contributed by atoms with E-state index in [0.29, 0.717) is 0 Å². The molecule has 2 heteroatoms. The Morgan fingerprint density at radius 2 is 1.79 bits per heavy atom. The van der Waals surface area contributed by atoms with Crippen LogP contribution in [0.25, 0.3) is 10.8 Å². The highest BCUT2D eigenvalue weighted by molar-refractivity contribution is 5.85. The van der Waals surface area contributed by atoms with Gasteiger partial charge in [0.25, 0.3) is 0 Å². The highest BCUT2D eigenvalue weighted by Crippen LogP contribution is 2.18. The number of benzene rings is 2. The molecule has 2 rings (SSSR count). The molecule has 0 aliphatic carbocycles. The molecule has 0 atom stereocenters. The predicted molar refractivity (Wildman–Crippen MR) is 81.4 cm³/mol. The summed E-state index contributed by atoms with van der Waals surface area (Å²) in [7, 11) is 0. The second kappa shape index (κ2) is 6.18. The van der Waals surface area contributed by atoms with E-state index in [2.05, 4.69) is 61.6 Å². The summed E-state index contributed by atoms with van der Waals surface area (Å²) in [6.07, 6.45) is 0. The quantitative estimate of drug-likeness (QED) is 0.851. The first-order valence-corrected chi connectivity index (χ1v) is 6.94. The fourth-order valence-corrected chi connectivity index (χ4v) is 2.39. The maximum atomic E-state index is 5.69. The van der Waals surface area contributed by atoms with E-state index in [4.69, 9.17) is 4.74 Å². The van der Waals surface area contributed by atoms with Gasteiger partial charge in [0.05, 0.1) is 5.60 Å². The lowest BCUT2D eigenvalue weighted by Gasteiger charge is -2.25. The largest absolute Gasteiger partial charge is 0.375 e. The minimum absolute atomic E-state index is 0.112. The third-order valence-electron chi connectivity index (χ3n) is 3.28. The first kappa shape index (κ1) is 14.0. The fraction of sp³-hybridized carbons (Fsp3) is 0.412. The van der Waals surface area contributed by atoms with Crippen LogP contribution in [0, 0.1) is 0 Å². The average molecular weight is 257 g/mol. The molecule has 0 radical (unpaired) electrons. The molecule has 0 aliphatic rings. The number of hydrogen-bond acceptors (Lipinski definition) is 2. The lowest BCUT2D eigenvalue weighted by Crippen LogP contribution is -2.37. The van der Waals surface area contributed by atoms with Crippen LogP contribution in [0.3, 0.4) is 0 Å². The van der Waals surface area contributed by atoms with Crippen molar-refractivity contribution in [3.05, 3.63) is 48.0 Å². The van der Waals surface area contributed by atoms with Crippen molar-refractivity contribution in [2.75, 3.05) is 13.2 Å². The minimum Gasteiger partial charge on any atom is -0.375 e. The van der Waals surface area contributed by atoms with Crippen LogP contribution in [-0.2, 0) is 11.3 Å². The number of nitrogens with one attached hydrogen (secondary N) is 1. The zero-order valence-electron chi connectivity index (χ0n) is 12.1. The van der Waals surface area contributed by atoms with Gasteiger partial charge in [-0.05, 0) is 37.1 Å². The van der Waals surface area contributed by atoms with Crippen LogP contribution in [-0.4, -0.2) is 18.8 Å². The van der Waals surface area contributed by atoms with Crippen LogP contribution in [0.5, 0.6) is 0 Å². The van der Waals surface area contributed by atoms with Crippen LogP contribution in [0.1, 0.15) is 26.3 Å². The molecule has 2 nitrogen and oxygen atoms in total. The molecular formula is C17H23NO. The average Bonchev–Trinajstić information content (AvgIpc) is 2.39. The van der Waals surface area contributed by atoms with Gasteiger partial charge in [-0.25, -0.2) is 0 Å². The van der Waals surface area contributed by atoms with Gasteiger partial charge in [-0.1, -0.05) is 42.5 Å². The van der Waals surface area contributed by atoms with Crippen molar-refractivity contribution >= 4 is 10.8 Å². The SMILES string of the molecule is CCOC(C)(C)CNCc1cccc2ccccc12. The van der Waals surface area contributed by atoms with Crippen molar-refractivity contribution in [2.24, 2.45) is 0 Å². The first-order valence-electron chi connectivity index (χ1n) is 6.94. The van der Waals surface area contributed by atoms with Gasteiger partial charge in [-0.15, -0.1) is 0 Å². The molecule has 0 bridgehead atoms. The number of rotatable bonds is 6. The predicted octanol–water partition coefficient (Wildman–Crippen LogP) is 3.74. The van der Waals surface area contributed by atoms with Crippen LogP contribution in [0.15, 0.2) is 42.5 Å². The van der Waals surface area contributed by atoms with Crippen LogP contribution in [0.4, 0.5) is 0 Å². The topological polar surface area (TPSA) is 21.3 Å². The normalized spacial score (nSPS) is 11.9. The fourth-order valence-electron chi connectivity index (χ4n) is 2.39. The lowest BCUT2D eigenvalue weighted by molar-refractivity contribution is -0.00895. The van der Waals surface area contributed by atoms with Crippen LogP contribution >= 0.6 is 0 Å². The summed E-state index contributed by atoms with van der Waals surface area (Å²) < 4.78 is 5.69. The van der Waals surface area contributed by atoms with E-state index in [1.165, 1.54) is 16.3 Å². The van der Waals surface area contributed by atoms with Crippen molar-refractivity contribution in [3.8, 4) is 0 Å². The summed E-state index contributed by atoms with van der Waals surface area (Å²) in [5.41, 5.74) is 1.23. The summed E-state index contributed by atoms with van der Waals surface area (Å²) >= 11 is 0. The van der Waals surface area contributed by atoms with Gasteiger partial charge in [-0.3, -0.25) is 0 Å². The summed E-state index contributed by atoms with van der Waals surface area (Å²) in [5, 5.41) is 6.12. The lowest BCUT2D eigenvalue weighted by atomic mass is 10.0. The Morgan fingerprint density at radius 3 is 2.58 bits per heavy atom. The summed E-state index contributed by atoms with van der Waals surface area (Å²) in [6, 6.07) is 15.0. The van der Waals surface area contributed by atoms with Crippen molar-refractivity contribution in [1.82, 2.24) is 5.32 Å². The van der Waals surface area contributed by atoms with E-state index in [1.807, 2.05) is 6.92 Å². The molecule has 1 N–H and O–H groups in total. The molecule has 102 valence electrons. The molecule has 0 aliphatic heterocycles. The zero-order chi connectivity index (χ0) is 13.7. The van der Waals surface area contributed by atoms with Gasteiger partial charge < -0.3 is 10.1 Å². The van der Waals surface area contributed by atoms with E-state index in [0.717, 1.165) is 19.7 Å². The molecule has 0 unspecified atom stereocenters. The molecule has 19 heavy (non-hydrogen) atoms. The number of fused-ring (bicyclic) bond motifs is 1. The highest BCUT2D eigenvalue weighted by Gasteiger charge is 2.16. The van der Waals surface area contributed by atoms with Crippen molar-refractivity contribution in [3.63, 3.8) is 0 Å². The Labute approximate surface area is 115 Å². The maximum Gasteiger partial charge on any atom is 0.0750 e. The van der Waals surface area contributed by atoms with Gasteiger partial charge in [0.2, 0.25) is 0 Å². The molecule has 0 fully saturated rings. The highest BCUT2D eigenvalue weighted by atomic mass is 16.5. The Balaban J connectivity index is 2.02. The molecule has 2 aromatic carbocycles. The van der Waals surface area contributed by atoms with Crippen molar-refractivity contribution in [1.29, 1.82) is 0 Å². The first-order chi connectivity index (χ1) is 9.12. The van der Waals surface area contributed by atoms with E-state index < -0.39 is 0 Å². The molecule has 0 saturated heterocycles. The van der Waals surface area contributed by atoms with Crippen LogP contribution < -0.4 is 5.32 Å². The molecule has 2 aromatic rings. The van der Waals surface area contributed by atoms with Gasteiger partial charge in [0.15, 0.2) is 0 Å². The van der Waals surface area contributed by atoms with Crippen molar-refractivity contribution < 1.29 is 4.74 Å². The maximum absolute atomic E-state index is 5.69. The third kappa shape index (κ3) is 3.79. The summed E-state index contributed by atoms with van der Waals surface area (Å²) in [4.78, 5) is 0. The summed E-state index contributed by atoms with van der Waals surface area (Å²) in [6.45, 7) is 8.75. The molecule has 0 aromatic heterocycles. The third-order valence-corrected chi connectivity index (χ3v) is 3.28. The van der Waals surface area contributed by atoms with Gasteiger partial charge in [-0.2, -0.15) is 0 Å². The smallest absolute Gasteiger partial charge is 0.0750 e. The van der Waals surface area contributed by atoms with E-state index >= 15 is 0 Å². The van der Waals surface area contributed by atoms with Crippen molar-refractivity contribution in [2.45, 2.75) is 32.9 Å². The zero-order valence-corrected chi connectivity index (χ0v) is 12.1. The minimum atomic E-state index is -0.112. The van der Waals surface area contributed by atoms with E-state index in [-0.39, 0.29) is 5.60 Å². The summed E-state index contributed by atoms with van der Waals surface area (Å²) in [5.74, 6) is 0. The number of hydrogen-bond donors (Lipinski definition) is 1. The monoisotopic (exact) mass is 257 g/mol. The van der Waals surface area contributed by atoms with E-state index in [9.17, 15) is 0 Å². The standard InChI is InChI=1S/C17H23NO/c1-4-19-17(2,3)13-18-12-15-10-7-9-14-8-5-6-11-16(14)15/h5-11,18H,4,12-13H2,1-3H3. The molecular weight excluding hydrogens is 234 g/mol. The Bertz CT molecular complexity index is 528. The Kier molecular flexibility index (Phi) is 4.56. The van der Waals surface area contributed by atoms with Gasteiger partial charge >= 0.3 is 0 Å². The van der Waals surface area contributed by atoms with Gasteiger partial charge in [0.1, 0.15) is 0 Å². The second-order valence-corrected chi connectivity index (χ2v) is 5.43. The molecule has 0 spiro atoms. The molecule has 0 amide bonds. The van der Waals surface area contributed by atoms with Gasteiger partial charge in [0, 0.05) is 19.7 Å².